The first-order chi connectivity index (χ1) is 12.2. The first-order valence-corrected chi connectivity index (χ1v) is 9.70. The number of hydrogen-bond donors (Lipinski definition) is 0. The largest absolute Gasteiger partial charge is 0.353 e. The Morgan fingerprint density at radius 1 is 1.04 bits per heavy atom. The monoisotopic (exact) mass is 369 g/mol. The molecule has 4 heteroatoms. The van der Waals surface area contributed by atoms with Gasteiger partial charge in [-0.05, 0) is 48.2 Å². The molecule has 0 amide bonds. The van der Waals surface area contributed by atoms with Crippen molar-refractivity contribution in [1.82, 2.24) is 0 Å². The van der Waals surface area contributed by atoms with Crippen LogP contribution in [-0.4, -0.2) is 6.73 Å². The Balaban J connectivity index is 1.63. The van der Waals surface area contributed by atoms with Crippen molar-refractivity contribution in [3.63, 3.8) is 0 Å². The van der Waals surface area contributed by atoms with Crippen molar-refractivity contribution in [2.45, 2.75) is 25.5 Å². The van der Waals surface area contributed by atoms with Crippen molar-refractivity contribution in [1.29, 1.82) is 0 Å². The molecule has 1 saturated heterocycles. The van der Waals surface area contributed by atoms with Crippen LogP contribution >= 0.6 is 22.9 Å². The van der Waals surface area contributed by atoms with E-state index >= 15 is 0 Å². The Labute approximate surface area is 157 Å². The lowest BCUT2D eigenvalue weighted by Gasteiger charge is -2.40. The topological polar surface area (TPSA) is 12.5 Å². The average molecular weight is 370 g/mol. The molecule has 0 radical (unpaired) electrons. The van der Waals surface area contributed by atoms with Gasteiger partial charge in [-0.3, -0.25) is 0 Å². The van der Waals surface area contributed by atoms with Crippen molar-refractivity contribution in [2.75, 3.05) is 11.6 Å². The molecule has 128 valence electrons. The van der Waals surface area contributed by atoms with Gasteiger partial charge in [0.25, 0.3) is 0 Å². The van der Waals surface area contributed by atoms with Gasteiger partial charge in [-0.25, -0.2) is 0 Å². The molecule has 0 spiro atoms. The number of hydrogen-bond acceptors (Lipinski definition) is 3. The summed E-state index contributed by atoms with van der Waals surface area (Å²) in [5, 5.41) is 2.90. The van der Waals surface area contributed by atoms with Crippen LogP contribution in [0.1, 0.15) is 34.6 Å². The van der Waals surface area contributed by atoms with E-state index in [2.05, 4.69) is 65.7 Å². The second-order valence-electron chi connectivity index (χ2n) is 6.41. The van der Waals surface area contributed by atoms with Crippen molar-refractivity contribution in [2.24, 2.45) is 0 Å². The number of aryl methyl sites for hydroxylation is 1. The number of halogens is 1. The van der Waals surface area contributed by atoms with Crippen LogP contribution in [0.25, 0.3) is 0 Å². The Kier molecular flexibility index (Phi) is 4.80. The van der Waals surface area contributed by atoms with Gasteiger partial charge >= 0.3 is 0 Å². The third kappa shape index (κ3) is 3.59. The molecule has 1 fully saturated rings. The quantitative estimate of drug-likeness (QED) is 0.531. The average Bonchev–Trinajstić information content (AvgIpc) is 3.17. The Hall–Kier alpha value is -1.81. The number of ether oxygens (including phenoxy) is 1. The summed E-state index contributed by atoms with van der Waals surface area (Å²) < 4.78 is 6.23. The minimum atomic E-state index is 0.122. The number of benzene rings is 2. The van der Waals surface area contributed by atoms with Crippen LogP contribution in [0.5, 0.6) is 0 Å². The van der Waals surface area contributed by atoms with Crippen LogP contribution in [0.4, 0.5) is 5.69 Å². The van der Waals surface area contributed by atoms with Crippen LogP contribution in [0.3, 0.4) is 0 Å². The van der Waals surface area contributed by atoms with E-state index < -0.39 is 0 Å². The zero-order valence-corrected chi connectivity index (χ0v) is 15.6. The number of anilines is 1. The van der Waals surface area contributed by atoms with Crippen molar-refractivity contribution < 1.29 is 4.74 Å². The van der Waals surface area contributed by atoms with Gasteiger partial charge in [-0.2, -0.15) is 0 Å². The SMILES string of the molecule is Cc1ccc([C@H]2C[C@H](c3cccs3)N(c3ccc(Cl)cc3)CO2)cc1. The number of rotatable bonds is 3. The molecule has 25 heavy (non-hydrogen) atoms. The molecule has 1 aromatic heterocycles. The van der Waals surface area contributed by atoms with E-state index in [0.29, 0.717) is 12.8 Å². The summed E-state index contributed by atoms with van der Waals surface area (Å²) in [7, 11) is 0. The molecule has 3 aromatic rings. The number of thiophene rings is 1. The summed E-state index contributed by atoms with van der Waals surface area (Å²) in [4.78, 5) is 3.70. The lowest BCUT2D eigenvalue weighted by molar-refractivity contribution is 0.00773. The summed E-state index contributed by atoms with van der Waals surface area (Å²) in [6.45, 7) is 2.69. The van der Waals surface area contributed by atoms with E-state index in [1.54, 1.807) is 0 Å². The highest BCUT2D eigenvalue weighted by Crippen LogP contribution is 2.41. The predicted molar refractivity (Wildman–Crippen MR) is 105 cm³/mol. The molecule has 4 rings (SSSR count). The van der Waals surface area contributed by atoms with Gasteiger partial charge in [-0.1, -0.05) is 47.5 Å². The molecule has 2 atom stereocenters. The molecular weight excluding hydrogens is 350 g/mol. The predicted octanol–water partition coefficient (Wildman–Crippen LogP) is 6.38. The summed E-state index contributed by atoms with van der Waals surface area (Å²) in [6.07, 6.45) is 1.06. The van der Waals surface area contributed by atoms with Gasteiger partial charge in [0.1, 0.15) is 6.73 Å². The van der Waals surface area contributed by atoms with Crippen molar-refractivity contribution in [3.05, 3.63) is 87.1 Å². The van der Waals surface area contributed by atoms with Gasteiger partial charge in [0, 0.05) is 22.0 Å². The van der Waals surface area contributed by atoms with Crippen molar-refractivity contribution >= 4 is 28.6 Å². The minimum Gasteiger partial charge on any atom is -0.353 e. The highest BCUT2D eigenvalue weighted by atomic mass is 35.5. The molecule has 0 N–H and O–H groups in total. The molecule has 2 heterocycles. The zero-order chi connectivity index (χ0) is 17.2. The van der Waals surface area contributed by atoms with Crippen molar-refractivity contribution in [3.8, 4) is 0 Å². The van der Waals surface area contributed by atoms with E-state index in [1.165, 1.54) is 16.0 Å². The van der Waals surface area contributed by atoms with Crippen LogP contribution < -0.4 is 4.90 Å². The zero-order valence-electron chi connectivity index (χ0n) is 14.1. The fourth-order valence-electron chi connectivity index (χ4n) is 3.31. The van der Waals surface area contributed by atoms with E-state index in [0.717, 1.165) is 17.1 Å². The first-order valence-electron chi connectivity index (χ1n) is 8.44. The van der Waals surface area contributed by atoms with E-state index in [4.69, 9.17) is 16.3 Å². The molecule has 0 saturated carbocycles. The Morgan fingerprint density at radius 3 is 2.48 bits per heavy atom. The molecule has 1 aliphatic rings. The van der Waals surface area contributed by atoms with Crippen LogP contribution in [0.15, 0.2) is 66.0 Å². The molecule has 1 aliphatic heterocycles. The smallest absolute Gasteiger partial charge is 0.120 e. The van der Waals surface area contributed by atoms with Crippen LogP contribution in [0.2, 0.25) is 5.02 Å². The van der Waals surface area contributed by atoms with Gasteiger partial charge < -0.3 is 9.64 Å². The third-order valence-electron chi connectivity index (χ3n) is 4.71. The van der Waals surface area contributed by atoms with Gasteiger partial charge in [-0.15, -0.1) is 11.3 Å². The van der Waals surface area contributed by atoms with Crippen LogP contribution in [0, 0.1) is 6.92 Å². The van der Waals surface area contributed by atoms with Gasteiger partial charge in [0.2, 0.25) is 0 Å². The molecule has 2 aromatic carbocycles. The summed E-state index contributed by atoms with van der Waals surface area (Å²) in [5.74, 6) is 0. The lowest BCUT2D eigenvalue weighted by atomic mass is 9.97. The second-order valence-corrected chi connectivity index (χ2v) is 7.82. The standard InChI is InChI=1S/C21H20ClNOS/c1-15-4-6-16(7-5-15)20-13-19(21-3-2-12-25-21)23(14-24-20)18-10-8-17(22)9-11-18/h2-12,19-20H,13-14H2,1H3/t19-,20-/m1/s1. The Morgan fingerprint density at radius 2 is 1.80 bits per heavy atom. The fourth-order valence-corrected chi connectivity index (χ4v) is 4.29. The molecule has 0 aliphatic carbocycles. The highest BCUT2D eigenvalue weighted by molar-refractivity contribution is 7.10. The summed E-state index contributed by atoms with van der Waals surface area (Å²) in [5.41, 5.74) is 3.67. The second kappa shape index (κ2) is 7.20. The molecule has 2 nitrogen and oxygen atoms in total. The maximum Gasteiger partial charge on any atom is 0.120 e. The first kappa shape index (κ1) is 16.6. The van der Waals surface area contributed by atoms with Gasteiger partial charge in [0.05, 0.1) is 12.1 Å². The van der Waals surface area contributed by atoms with E-state index in [1.807, 2.05) is 23.5 Å². The summed E-state index contributed by atoms with van der Waals surface area (Å²) >= 11 is 7.86. The third-order valence-corrected chi connectivity index (χ3v) is 5.93. The van der Waals surface area contributed by atoms with Crippen LogP contribution in [-0.2, 0) is 4.74 Å². The molecule has 0 unspecified atom stereocenters. The van der Waals surface area contributed by atoms with Gasteiger partial charge in [0.15, 0.2) is 0 Å². The number of nitrogens with zero attached hydrogens (tertiary/aromatic N) is 1. The maximum absolute atomic E-state index is 6.23. The maximum atomic E-state index is 6.23. The lowest BCUT2D eigenvalue weighted by Crippen LogP contribution is -2.37. The fraction of sp³-hybridized carbons (Fsp3) is 0.238. The van der Waals surface area contributed by atoms with E-state index in [9.17, 15) is 0 Å². The minimum absolute atomic E-state index is 0.122. The van der Waals surface area contributed by atoms with E-state index in [-0.39, 0.29) is 6.10 Å². The molecule has 0 bridgehead atoms. The Bertz CT molecular complexity index is 814. The summed E-state index contributed by atoms with van der Waals surface area (Å²) in [6, 6.07) is 21.3. The normalized spacial score (nSPS) is 20.6. The highest BCUT2D eigenvalue weighted by Gasteiger charge is 2.31. The molecular formula is C21H20ClNOS.